The summed E-state index contributed by atoms with van der Waals surface area (Å²) in [4.78, 5) is 73.6. The Labute approximate surface area is 398 Å². The van der Waals surface area contributed by atoms with Crippen LogP contribution in [0.5, 0.6) is 5.75 Å². The van der Waals surface area contributed by atoms with Crippen LogP contribution in [0, 0.1) is 0 Å². The maximum atomic E-state index is 14.1. The van der Waals surface area contributed by atoms with Gasteiger partial charge in [-0.2, -0.15) is 0 Å². The molecule has 1 aliphatic rings. The molecule has 368 valence electrons. The summed E-state index contributed by atoms with van der Waals surface area (Å²) >= 11 is 0. The van der Waals surface area contributed by atoms with Gasteiger partial charge in [-0.05, 0) is 125 Å². The lowest BCUT2D eigenvalue weighted by atomic mass is 10.0. The first-order valence-electron chi connectivity index (χ1n) is 22.1. The number of carboxylic acid groups (broad SMARTS) is 1. The quantitative estimate of drug-likeness (QED) is 0.0540. The standard InChI is InChI=1S/C48H63N5O13SSi/c1-47(2,3)65-45(58)53(46(59)66-48(4,5)6)52(37-15-12-33-27-49-21-20-31(33)26-37)42(43(55)56)32-13-18-39(62-8)35(24-32)29-63-30-41(54)50-36-14-19-40(67(60,61)38-16-17-38)34(25-36)28-51(7)44(57)64-22-23-68(9,10)11/h12-15,18-21,24-27,38,42H,16-17,22-23,28-30H2,1-11H3,(H,50,54)(H,55,56). The zero-order valence-electron chi connectivity index (χ0n) is 40.6. The van der Waals surface area contributed by atoms with Gasteiger partial charge in [0, 0.05) is 44.2 Å². The minimum absolute atomic E-state index is 0.0689. The van der Waals surface area contributed by atoms with Crippen LogP contribution in [-0.2, 0) is 51.5 Å². The van der Waals surface area contributed by atoms with Crippen molar-refractivity contribution in [3.63, 3.8) is 0 Å². The third-order valence-electron chi connectivity index (χ3n) is 10.2. The summed E-state index contributed by atoms with van der Waals surface area (Å²) in [5.74, 6) is -1.79. The lowest BCUT2D eigenvalue weighted by Crippen LogP contribution is -2.56. The van der Waals surface area contributed by atoms with E-state index >= 15 is 0 Å². The molecule has 4 amide bonds. The van der Waals surface area contributed by atoms with Gasteiger partial charge in [-0.25, -0.2) is 27.6 Å². The summed E-state index contributed by atoms with van der Waals surface area (Å²) in [6.45, 7) is 15.5. The number of imide groups is 1. The number of aromatic nitrogens is 1. The van der Waals surface area contributed by atoms with E-state index in [-0.39, 0.29) is 47.3 Å². The molecule has 4 aromatic rings. The lowest BCUT2D eigenvalue weighted by Gasteiger charge is -2.39. The van der Waals surface area contributed by atoms with E-state index in [1.807, 2.05) is 0 Å². The Morgan fingerprint density at radius 2 is 1.51 bits per heavy atom. The lowest BCUT2D eigenvalue weighted by molar-refractivity contribution is -0.139. The minimum Gasteiger partial charge on any atom is -0.496 e. The van der Waals surface area contributed by atoms with Crippen molar-refractivity contribution in [1.29, 1.82) is 0 Å². The molecule has 5 rings (SSSR count). The Bertz CT molecular complexity index is 2590. The zero-order chi connectivity index (χ0) is 50.4. The first kappa shape index (κ1) is 52.7. The van der Waals surface area contributed by atoms with E-state index < -0.39 is 77.2 Å². The van der Waals surface area contributed by atoms with Crippen molar-refractivity contribution in [3.8, 4) is 5.75 Å². The molecule has 0 radical (unpaired) electrons. The number of benzene rings is 3. The van der Waals surface area contributed by atoms with Crippen LogP contribution in [0.4, 0.5) is 25.8 Å². The predicted octanol–water partition coefficient (Wildman–Crippen LogP) is 8.96. The number of amides is 4. The molecule has 68 heavy (non-hydrogen) atoms. The van der Waals surface area contributed by atoms with Crippen LogP contribution in [0.2, 0.25) is 25.7 Å². The van der Waals surface area contributed by atoms with Crippen LogP contribution in [-0.4, -0.2) is 110 Å². The van der Waals surface area contributed by atoms with Crippen LogP contribution in [0.1, 0.15) is 77.1 Å². The fourth-order valence-electron chi connectivity index (χ4n) is 6.87. The van der Waals surface area contributed by atoms with Crippen molar-refractivity contribution in [3.05, 3.63) is 89.7 Å². The van der Waals surface area contributed by atoms with Gasteiger partial charge in [0.1, 0.15) is 23.6 Å². The summed E-state index contributed by atoms with van der Waals surface area (Å²) in [5, 5.41) is 16.1. The number of sulfone groups is 1. The van der Waals surface area contributed by atoms with Crippen molar-refractivity contribution < 1.29 is 61.2 Å². The van der Waals surface area contributed by atoms with Crippen molar-refractivity contribution in [1.82, 2.24) is 14.9 Å². The molecule has 18 nitrogen and oxygen atoms in total. The topological polar surface area (TPSA) is 221 Å². The molecule has 1 fully saturated rings. The monoisotopic (exact) mass is 977 g/mol. The molecule has 0 saturated heterocycles. The molecule has 0 aliphatic heterocycles. The summed E-state index contributed by atoms with van der Waals surface area (Å²) < 4.78 is 55.1. The first-order chi connectivity index (χ1) is 31.7. The number of hydrazine groups is 1. The van der Waals surface area contributed by atoms with Crippen molar-refractivity contribution in [2.24, 2.45) is 0 Å². The number of nitrogens with one attached hydrogen (secondary N) is 1. The van der Waals surface area contributed by atoms with Crippen LogP contribution in [0.3, 0.4) is 0 Å². The van der Waals surface area contributed by atoms with Crippen LogP contribution < -0.4 is 15.1 Å². The zero-order valence-corrected chi connectivity index (χ0v) is 42.4. The number of carboxylic acids is 1. The maximum Gasteiger partial charge on any atom is 0.439 e. The Balaban J connectivity index is 1.43. The van der Waals surface area contributed by atoms with Gasteiger partial charge in [0.05, 0.1) is 42.7 Å². The number of aliphatic carboxylic acids is 1. The number of carbonyl (C=O) groups excluding carboxylic acids is 4. The number of hydrogen-bond donors (Lipinski definition) is 2. The summed E-state index contributed by atoms with van der Waals surface area (Å²) in [7, 11) is -2.24. The first-order valence-corrected chi connectivity index (χ1v) is 27.3. The van der Waals surface area contributed by atoms with E-state index in [0.29, 0.717) is 39.7 Å². The number of hydrogen-bond acceptors (Lipinski definition) is 14. The van der Waals surface area contributed by atoms with Crippen LogP contribution >= 0.6 is 0 Å². The number of methoxy groups -OCH3 is 1. The molecule has 3 aromatic carbocycles. The second-order valence-electron chi connectivity index (χ2n) is 19.7. The van der Waals surface area contributed by atoms with Gasteiger partial charge in [-0.1, -0.05) is 31.8 Å². The number of fused-ring (bicyclic) bond motifs is 1. The highest BCUT2D eigenvalue weighted by atomic mass is 32.2. The van der Waals surface area contributed by atoms with Gasteiger partial charge < -0.3 is 39.0 Å². The number of carbonyl (C=O) groups is 5. The summed E-state index contributed by atoms with van der Waals surface area (Å²) in [6, 6.07) is 14.3. The van der Waals surface area contributed by atoms with Gasteiger partial charge in [0.25, 0.3) is 0 Å². The van der Waals surface area contributed by atoms with E-state index in [9.17, 15) is 37.5 Å². The molecule has 0 spiro atoms. The van der Waals surface area contributed by atoms with Crippen molar-refractivity contribution in [2.45, 2.75) is 121 Å². The summed E-state index contributed by atoms with van der Waals surface area (Å²) in [5.41, 5.74) is -1.16. The highest BCUT2D eigenvalue weighted by molar-refractivity contribution is 7.92. The van der Waals surface area contributed by atoms with Gasteiger partial charge in [0.15, 0.2) is 15.9 Å². The van der Waals surface area contributed by atoms with E-state index in [1.54, 1.807) is 78.2 Å². The minimum atomic E-state index is -3.69. The highest BCUT2D eigenvalue weighted by Crippen LogP contribution is 2.37. The predicted molar refractivity (Wildman–Crippen MR) is 258 cm³/mol. The molecule has 2 N–H and O–H groups in total. The fraction of sp³-hybridized carbons (Fsp3) is 0.458. The molecule has 1 aromatic heterocycles. The van der Waals surface area contributed by atoms with Crippen molar-refractivity contribution >= 4 is 70.2 Å². The molecule has 1 saturated carbocycles. The third-order valence-corrected chi connectivity index (χ3v) is 14.3. The molecular formula is C48H63N5O13SSi. The summed E-state index contributed by atoms with van der Waals surface area (Å²) in [6.07, 6.45) is 1.22. The Morgan fingerprint density at radius 1 is 0.853 bits per heavy atom. The third kappa shape index (κ3) is 14.4. The molecule has 0 bridgehead atoms. The van der Waals surface area contributed by atoms with E-state index in [0.717, 1.165) is 11.1 Å². The van der Waals surface area contributed by atoms with E-state index in [1.165, 1.54) is 55.5 Å². The van der Waals surface area contributed by atoms with Gasteiger partial charge >= 0.3 is 24.2 Å². The normalized spacial score (nSPS) is 13.5. The van der Waals surface area contributed by atoms with Gasteiger partial charge in [-0.15, -0.1) is 5.01 Å². The molecular weight excluding hydrogens is 915 g/mol. The highest BCUT2D eigenvalue weighted by Gasteiger charge is 2.43. The maximum absolute atomic E-state index is 14.1. The second kappa shape index (κ2) is 21.4. The number of ether oxygens (including phenoxy) is 5. The molecule has 1 atom stereocenters. The Hall–Kier alpha value is -6.25. The number of rotatable bonds is 18. The number of pyridine rings is 1. The Morgan fingerprint density at radius 3 is 2.10 bits per heavy atom. The van der Waals surface area contributed by atoms with Gasteiger partial charge in [0.2, 0.25) is 5.91 Å². The SMILES string of the molecule is COc1ccc(C(C(=O)O)N(c2ccc3cnccc3c2)N(C(=O)OC(C)(C)C)C(=O)OC(C)(C)C)cc1COCC(=O)Nc1ccc(S(=O)(=O)C2CC2)c(CN(C)C(=O)OCC[Si](C)(C)C)c1. The smallest absolute Gasteiger partial charge is 0.439 e. The van der Waals surface area contributed by atoms with Crippen LogP contribution in [0.15, 0.2) is 78.0 Å². The van der Waals surface area contributed by atoms with Gasteiger partial charge in [-0.3, -0.25) is 14.8 Å². The Kier molecular flexibility index (Phi) is 16.6. The molecule has 1 aliphatic carbocycles. The largest absolute Gasteiger partial charge is 0.496 e. The average Bonchev–Trinajstić information content (AvgIpc) is 4.08. The van der Waals surface area contributed by atoms with E-state index in [2.05, 4.69) is 29.9 Å². The number of anilines is 2. The fourth-order valence-corrected chi connectivity index (χ4v) is 9.44. The average molecular weight is 978 g/mol. The molecule has 1 unspecified atom stereocenters. The molecule has 1 heterocycles. The van der Waals surface area contributed by atoms with Crippen LogP contribution in [0.25, 0.3) is 10.8 Å². The van der Waals surface area contributed by atoms with Crippen molar-refractivity contribution in [2.75, 3.05) is 37.7 Å². The van der Waals surface area contributed by atoms with E-state index in [4.69, 9.17) is 23.7 Å². The molecule has 20 heteroatoms. The second-order valence-corrected chi connectivity index (χ2v) is 27.5. The number of nitrogens with zero attached hydrogens (tertiary/aromatic N) is 4.